The Morgan fingerprint density at radius 1 is 1.07 bits per heavy atom. The number of carbonyl (C=O) groups excluding carboxylic acids is 1. The maximum atomic E-state index is 12.5. The van der Waals surface area contributed by atoms with Crippen LogP contribution < -0.4 is 9.80 Å². The second-order valence-corrected chi connectivity index (χ2v) is 7.52. The highest BCUT2D eigenvalue weighted by Crippen LogP contribution is 2.33. The molecule has 0 saturated carbocycles. The van der Waals surface area contributed by atoms with E-state index in [2.05, 4.69) is 38.1 Å². The molecule has 3 aliphatic heterocycles. The highest BCUT2D eigenvalue weighted by atomic mass is 16.2. The van der Waals surface area contributed by atoms with Crippen LogP contribution in [0.2, 0.25) is 0 Å². The smallest absolute Gasteiger partial charge is 0.231 e. The molecule has 4 heterocycles. The molecule has 138 valence electrons. The van der Waals surface area contributed by atoms with Crippen molar-refractivity contribution >= 4 is 17.5 Å². The first kappa shape index (κ1) is 16.3. The van der Waals surface area contributed by atoms with E-state index in [1.165, 1.54) is 5.70 Å². The van der Waals surface area contributed by atoms with Crippen LogP contribution in [0.4, 0.5) is 11.6 Å². The Morgan fingerprint density at radius 2 is 1.93 bits per heavy atom. The van der Waals surface area contributed by atoms with E-state index in [1.807, 2.05) is 23.1 Å². The number of allylic oxidation sites excluding steroid dienone is 1. The number of aromatic nitrogens is 2. The van der Waals surface area contributed by atoms with E-state index in [1.54, 1.807) is 12.4 Å². The summed E-state index contributed by atoms with van der Waals surface area (Å²) in [5, 5.41) is 0. The largest absolute Gasteiger partial charge is 0.372 e. The minimum Gasteiger partial charge on any atom is -0.372 e. The van der Waals surface area contributed by atoms with E-state index in [0.717, 1.165) is 56.2 Å². The molecule has 1 saturated heterocycles. The Kier molecular flexibility index (Phi) is 4.03. The molecule has 1 fully saturated rings. The van der Waals surface area contributed by atoms with Crippen LogP contribution in [0.5, 0.6) is 0 Å². The van der Waals surface area contributed by atoms with Gasteiger partial charge < -0.3 is 14.7 Å². The summed E-state index contributed by atoms with van der Waals surface area (Å²) in [6.45, 7) is 3.71. The maximum Gasteiger partial charge on any atom is 0.231 e. The van der Waals surface area contributed by atoms with Crippen LogP contribution in [0.1, 0.15) is 18.4 Å². The Balaban J connectivity index is 1.27. The van der Waals surface area contributed by atoms with E-state index >= 15 is 0 Å². The van der Waals surface area contributed by atoms with Crippen LogP contribution in [-0.4, -0.2) is 47.0 Å². The van der Waals surface area contributed by atoms with Gasteiger partial charge in [-0.2, -0.15) is 0 Å². The number of piperidine rings is 1. The molecule has 2 aromatic rings. The molecule has 0 spiro atoms. The summed E-state index contributed by atoms with van der Waals surface area (Å²) in [4.78, 5) is 27.8. The number of hydrogen-bond acceptors (Lipinski definition) is 5. The third kappa shape index (κ3) is 3.05. The van der Waals surface area contributed by atoms with Crippen LogP contribution in [0.3, 0.4) is 0 Å². The van der Waals surface area contributed by atoms with E-state index in [0.29, 0.717) is 12.3 Å². The van der Waals surface area contributed by atoms with Gasteiger partial charge in [-0.05, 0) is 36.5 Å². The minimum atomic E-state index is 0.239. The van der Waals surface area contributed by atoms with Gasteiger partial charge in [-0.15, -0.1) is 0 Å². The quantitative estimate of drug-likeness (QED) is 0.840. The predicted octanol–water partition coefficient (Wildman–Crippen LogP) is 2.44. The number of amides is 1. The molecule has 0 radical (unpaired) electrons. The van der Waals surface area contributed by atoms with Gasteiger partial charge in [-0.3, -0.25) is 4.79 Å². The topological polar surface area (TPSA) is 52.6 Å². The molecular formula is C21H23N5O. The lowest BCUT2D eigenvalue weighted by Gasteiger charge is -2.42. The molecule has 6 heteroatoms. The number of nitrogens with zero attached hydrogens (tertiary/aromatic N) is 5. The van der Waals surface area contributed by atoms with Gasteiger partial charge in [0.1, 0.15) is 0 Å². The van der Waals surface area contributed by atoms with Crippen molar-refractivity contribution in [1.29, 1.82) is 0 Å². The van der Waals surface area contributed by atoms with Crippen molar-refractivity contribution < 1.29 is 4.79 Å². The van der Waals surface area contributed by atoms with Crippen LogP contribution >= 0.6 is 0 Å². The number of fused-ring (bicyclic) bond motifs is 2. The average Bonchev–Trinajstić information content (AvgIpc) is 3.03. The summed E-state index contributed by atoms with van der Waals surface area (Å²) in [7, 11) is 0. The van der Waals surface area contributed by atoms with Crippen molar-refractivity contribution in [2.75, 3.05) is 36.0 Å². The minimum absolute atomic E-state index is 0.239. The molecule has 27 heavy (non-hydrogen) atoms. The normalized spacial score (nSPS) is 21.8. The second kappa shape index (κ2) is 6.68. The molecule has 1 aromatic heterocycles. The maximum absolute atomic E-state index is 12.5. The zero-order valence-electron chi connectivity index (χ0n) is 15.3. The summed E-state index contributed by atoms with van der Waals surface area (Å²) >= 11 is 0. The molecule has 0 bridgehead atoms. The van der Waals surface area contributed by atoms with E-state index < -0.39 is 0 Å². The van der Waals surface area contributed by atoms with Gasteiger partial charge >= 0.3 is 0 Å². The predicted molar refractivity (Wildman–Crippen MR) is 104 cm³/mol. The first-order valence-corrected chi connectivity index (χ1v) is 9.65. The van der Waals surface area contributed by atoms with Gasteiger partial charge in [0.2, 0.25) is 11.9 Å². The Hall–Kier alpha value is -2.89. The number of para-hydroxylation sites is 1. The summed E-state index contributed by atoms with van der Waals surface area (Å²) in [6, 6.07) is 10.0. The lowest BCUT2D eigenvalue weighted by Crippen LogP contribution is -2.46. The fourth-order valence-corrected chi connectivity index (χ4v) is 4.41. The van der Waals surface area contributed by atoms with Crippen molar-refractivity contribution in [3.63, 3.8) is 0 Å². The van der Waals surface area contributed by atoms with Crippen LogP contribution in [0.25, 0.3) is 0 Å². The SMILES string of the molecule is O=C1Cc2ccccc2N1CC1CCC2=CN(c3ncccn3)CCN2C1. The van der Waals surface area contributed by atoms with E-state index in [-0.39, 0.29) is 5.91 Å². The van der Waals surface area contributed by atoms with Crippen LogP contribution in [0.15, 0.2) is 54.6 Å². The monoisotopic (exact) mass is 361 g/mol. The lowest BCUT2D eigenvalue weighted by molar-refractivity contribution is -0.117. The molecular weight excluding hydrogens is 338 g/mol. The average molecular weight is 361 g/mol. The van der Waals surface area contributed by atoms with Crippen molar-refractivity contribution in [1.82, 2.24) is 14.9 Å². The summed E-state index contributed by atoms with van der Waals surface area (Å²) in [5.74, 6) is 1.52. The third-order valence-electron chi connectivity index (χ3n) is 5.78. The molecule has 1 atom stereocenters. The van der Waals surface area contributed by atoms with Crippen LogP contribution in [-0.2, 0) is 11.2 Å². The van der Waals surface area contributed by atoms with Crippen molar-refractivity contribution in [2.45, 2.75) is 19.3 Å². The van der Waals surface area contributed by atoms with Gasteiger partial charge in [0, 0.05) is 56.2 Å². The first-order valence-electron chi connectivity index (χ1n) is 9.65. The fourth-order valence-electron chi connectivity index (χ4n) is 4.41. The Morgan fingerprint density at radius 3 is 2.81 bits per heavy atom. The Labute approximate surface area is 159 Å². The van der Waals surface area contributed by atoms with Crippen molar-refractivity contribution in [3.05, 3.63) is 60.2 Å². The second-order valence-electron chi connectivity index (χ2n) is 7.52. The van der Waals surface area contributed by atoms with Crippen LogP contribution in [0, 0.1) is 5.92 Å². The molecule has 0 N–H and O–H groups in total. The molecule has 0 aliphatic carbocycles. The highest BCUT2D eigenvalue weighted by Gasteiger charge is 2.32. The summed E-state index contributed by atoms with van der Waals surface area (Å²) in [5.41, 5.74) is 3.63. The number of anilines is 2. The molecule has 6 nitrogen and oxygen atoms in total. The highest BCUT2D eigenvalue weighted by molar-refractivity contribution is 6.01. The first-order chi connectivity index (χ1) is 13.3. The lowest BCUT2D eigenvalue weighted by atomic mass is 9.94. The molecule has 5 rings (SSSR count). The standard InChI is InChI=1S/C21H23N5O/c27-20-12-17-4-1-2-5-19(17)26(20)14-16-6-7-18-15-25(11-10-24(18)13-16)21-22-8-3-9-23-21/h1-5,8-9,15-16H,6-7,10-14H2. The zero-order valence-corrected chi connectivity index (χ0v) is 15.3. The Bertz CT molecular complexity index is 881. The van der Waals surface area contributed by atoms with Gasteiger partial charge in [0.05, 0.1) is 6.42 Å². The zero-order chi connectivity index (χ0) is 18.2. The molecule has 3 aliphatic rings. The van der Waals surface area contributed by atoms with E-state index in [4.69, 9.17) is 0 Å². The molecule has 1 unspecified atom stereocenters. The summed E-state index contributed by atoms with van der Waals surface area (Å²) < 4.78 is 0. The van der Waals surface area contributed by atoms with Gasteiger partial charge in [0.25, 0.3) is 0 Å². The fraction of sp³-hybridized carbons (Fsp3) is 0.381. The van der Waals surface area contributed by atoms with Gasteiger partial charge in [-0.25, -0.2) is 9.97 Å². The molecule has 1 amide bonds. The van der Waals surface area contributed by atoms with Gasteiger partial charge in [0.15, 0.2) is 0 Å². The summed E-state index contributed by atoms with van der Waals surface area (Å²) in [6.07, 6.45) is 8.47. The number of rotatable bonds is 3. The third-order valence-corrected chi connectivity index (χ3v) is 5.78. The number of hydrogen-bond donors (Lipinski definition) is 0. The number of carbonyl (C=O) groups is 1. The molecule has 1 aromatic carbocycles. The number of benzene rings is 1. The van der Waals surface area contributed by atoms with Crippen molar-refractivity contribution in [2.24, 2.45) is 5.92 Å². The van der Waals surface area contributed by atoms with Gasteiger partial charge in [-0.1, -0.05) is 18.2 Å². The van der Waals surface area contributed by atoms with E-state index in [9.17, 15) is 4.79 Å². The van der Waals surface area contributed by atoms with Crippen molar-refractivity contribution in [3.8, 4) is 0 Å².